The van der Waals surface area contributed by atoms with Crippen LogP contribution in [0.4, 0.5) is 0 Å². The zero-order chi connectivity index (χ0) is 22.6. The fourth-order valence-corrected chi connectivity index (χ4v) is 4.46. The number of methoxy groups -OCH3 is 1. The Bertz CT molecular complexity index is 869. The highest BCUT2D eigenvalue weighted by Gasteiger charge is 2.21. The van der Waals surface area contributed by atoms with E-state index in [1.807, 2.05) is 6.07 Å². The summed E-state index contributed by atoms with van der Waals surface area (Å²) in [5.74, 6) is 7.77. The maximum Gasteiger partial charge on any atom is 0.119 e. The predicted molar refractivity (Wildman–Crippen MR) is 132 cm³/mol. The molecule has 4 heteroatoms. The van der Waals surface area contributed by atoms with E-state index in [0.29, 0.717) is 6.42 Å². The molecule has 1 N–H and O–H groups in total. The molecule has 2 aromatic rings. The van der Waals surface area contributed by atoms with Gasteiger partial charge in [-0.05, 0) is 73.7 Å². The first-order valence-electron chi connectivity index (χ1n) is 12.0. The summed E-state index contributed by atoms with van der Waals surface area (Å²) in [6.45, 7) is 9.12. The Morgan fingerprint density at radius 2 is 2.00 bits per heavy atom. The lowest BCUT2D eigenvalue weighted by Gasteiger charge is -2.35. The highest BCUT2D eigenvalue weighted by molar-refractivity contribution is 5.36. The molecule has 0 aromatic heterocycles. The van der Waals surface area contributed by atoms with Crippen LogP contribution in [0.15, 0.2) is 48.5 Å². The molecule has 0 aliphatic carbocycles. The van der Waals surface area contributed by atoms with Crippen molar-refractivity contribution in [2.75, 3.05) is 46.4 Å². The van der Waals surface area contributed by atoms with Gasteiger partial charge in [0.1, 0.15) is 5.75 Å². The van der Waals surface area contributed by atoms with Gasteiger partial charge in [-0.15, -0.1) is 0 Å². The van der Waals surface area contributed by atoms with Crippen LogP contribution in [0.5, 0.6) is 5.75 Å². The molecule has 32 heavy (non-hydrogen) atoms. The molecule has 1 aliphatic heterocycles. The van der Waals surface area contributed by atoms with Gasteiger partial charge in [0, 0.05) is 38.2 Å². The van der Waals surface area contributed by atoms with Gasteiger partial charge in [-0.1, -0.05) is 43.0 Å². The number of aliphatic hydroxyl groups is 1. The van der Waals surface area contributed by atoms with Crippen molar-refractivity contribution in [3.05, 3.63) is 65.2 Å². The van der Waals surface area contributed by atoms with Crippen molar-refractivity contribution in [2.45, 2.75) is 39.2 Å². The maximum atomic E-state index is 8.85. The Morgan fingerprint density at radius 3 is 2.75 bits per heavy atom. The summed E-state index contributed by atoms with van der Waals surface area (Å²) < 4.78 is 5.36. The average Bonchev–Trinajstić information content (AvgIpc) is 2.84. The Morgan fingerprint density at radius 1 is 1.16 bits per heavy atom. The quantitative estimate of drug-likeness (QED) is 0.569. The lowest BCUT2D eigenvalue weighted by molar-refractivity contribution is 0.133. The molecule has 1 aliphatic rings. The lowest BCUT2D eigenvalue weighted by Crippen LogP contribution is -2.41. The Hall–Kier alpha value is -2.32. The number of ether oxygens (including phenoxy) is 1. The largest absolute Gasteiger partial charge is 0.497 e. The van der Waals surface area contributed by atoms with Crippen LogP contribution in [0.2, 0.25) is 0 Å². The number of likely N-dealkylation sites (tertiary alicyclic amines) is 1. The fourth-order valence-electron chi connectivity index (χ4n) is 4.46. The van der Waals surface area contributed by atoms with E-state index in [2.05, 4.69) is 71.0 Å². The third-order valence-corrected chi connectivity index (χ3v) is 6.25. The minimum atomic E-state index is 0.121. The van der Waals surface area contributed by atoms with Crippen LogP contribution in [-0.2, 0) is 13.0 Å². The summed E-state index contributed by atoms with van der Waals surface area (Å²) in [6.07, 6.45) is 4.23. The monoisotopic (exact) mass is 434 g/mol. The molecule has 3 rings (SSSR count). The van der Waals surface area contributed by atoms with Gasteiger partial charge in [0.2, 0.25) is 0 Å². The first-order chi connectivity index (χ1) is 15.7. The number of hydrogen-bond acceptors (Lipinski definition) is 4. The summed E-state index contributed by atoms with van der Waals surface area (Å²) in [4.78, 5) is 5.21. The Kier molecular flexibility index (Phi) is 10.1. The van der Waals surface area contributed by atoms with Gasteiger partial charge in [-0.2, -0.15) is 0 Å². The molecule has 1 heterocycles. The molecular weight excluding hydrogens is 396 g/mol. The van der Waals surface area contributed by atoms with E-state index in [9.17, 15) is 0 Å². The zero-order valence-corrected chi connectivity index (χ0v) is 19.7. The fraction of sp³-hybridized carbons (Fsp3) is 0.500. The second kappa shape index (κ2) is 13.3. The van der Waals surface area contributed by atoms with Crippen molar-refractivity contribution in [1.29, 1.82) is 0 Å². The van der Waals surface area contributed by atoms with E-state index in [1.165, 1.54) is 37.1 Å². The molecule has 4 nitrogen and oxygen atoms in total. The SMILES string of the molecule is CCN(Cc1ccc(C#CCCO)cc1)C[C@H]1CCCN(CCc2cccc(OC)c2)C1. The van der Waals surface area contributed by atoms with Gasteiger partial charge in [0.25, 0.3) is 0 Å². The summed E-state index contributed by atoms with van der Waals surface area (Å²) in [5, 5.41) is 8.85. The van der Waals surface area contributed by atoms with E-state index >= 15 is 0 Å². The summed E-state index contributed by atoms with van der Waals surface area (Å²) in [6, 6.07) is 17.0. The second-order valence-electron chi connectivity index (χ2n) is 8.71. The molecule has 0 saturated carbocycles. The minimum absolute atomic E-state index is 0.121. The van der Waals surface area contributed by atoms with Crippen LogP contribution in [0.3, 0.4) is 0 Å². The van der Waals surface area contributed by atoms with Crippen molar-refractivity contribution in [3.63, 3.8) is 0 Å². The number of nitrogens with zero attached hydrogens (tertiary/aromatic N) is 2. The van der Waals surface area contributed by atoms with Crippen molar-refractivity contribution in [3.8, 4) is 17.6 Å². The normalized spacial score (nSPS) is 16.6. The molecular formula is C28H38N2O2. The smallest absolute Gasteiger partial charge is 0.119 e. The van der Waals surface area contributed by atoms with Gasteiger partial charge in [-0.3, -0.25) is 4.90 Å². The molecule has 0 unspecified atom stereocenters. The van der Waals surface area contributed by atoms with Gasteiger partial charge < -0.3 is 14.7 Å². The van der Waals surface area contributed by atoms with Gasteiger partial charge >= 0.3 is 0 Å². The molecule has 172 valence electrons. The standard InChI is InChI=1S/C28H38N2O2/c1-3-29(21-26-14-12-24(13-15-26)8-4-5-19-31)22-27-10-7-17-30(23-27)18-16-25-9-6-11-28(20-25)32-2/h6,9,11-15,20,27,31H,3,5,7,10,16-19,21-23H2,1-2H3/t27-/m1/s1. The minimum Gasteiger partial charge on any atom is -0.497 e. The molecule has 0 spiro atoms. The number of rotatable bonds is 10. The zero-order valence-electron chi connectivity index (χ0n) is 19.7. The average molecular weight is 435 g/mol. The molecule has 1 fully saturated rings. The predicted octanol–water partition coefficient (Wildman–Crippen LogP) is 4.21. The molecule has 1 saturated heterocycles. The van der Waals surface area contributed by atoms with E-state index in [0.717, 1.165) is 49.8 Å². The molecule has 1 atom stereocenters. The van der Waals surface area contributed by atoms with Crippen LogP contribution in [0, 0.1) is 17.8 Å². The third-order valence-electron chi connectivity index (χ3n) is 6.25. The van der Waals surface area contributed by atoms with E-state index < -0.39 is 0 Å². The van der Waals surface area contributed by atoms with Crippen LogP contribution in [-0.4, -0.2) is 61.3 Å². The highest BCUT2D eigenvalue weighted by atomic mass is 16.5. The van der Waals surface area contributed by atoms with Crippen LogP contribution < -0.4 is 4.74 Å². The summed E-state index contributed by atoms with van der Waals surface area (Å²) in [5.41, 5.74) is 3.71. The second-order valence-corrected chi connectivity index (χ2v) is 8.71. The van der Waals surface area contributed by atoms with Crippen molar-refractivity contribution in [1.82, 2.24) is 9.80 Å². The van der Waals surface area contributed by atoms with Crippen molar-refractivity contribution in [2.24, 2.45) is 5.92 Å². The van der Waals surface area contributed by atoms with Gasteiger partial charge in [-0.25, -0.2) is 0 Å². The summed E-state index contributed by atoms with van der Waals surface area (Å²) in [7, 11) is 1.73. The topological polar surface area (TPSA) is 35.9 Å². The number of aliphatic hydroxyl groups excluding tert-OH is 1. The van der Waals surface area contributed by atoms with Crippen LogP contribution in [0.25, 0.3) is 0 Å². The Balaban J connectivity index is 1.47. The van der Waals surface area contributed by atoms with Gasteiger partial charge in [0.15, 0.2) is 0 Å². The first kappa shape index (κ1) is 24.3. The van der Waals surface area contributed by atoms with E-state index in [1.54, 1.807) is 7.11 Å². The first-order valence-corrected chi connectivity index (χ1v) is 12.0. The third kappa shape index (κ3) is 7.98. The molecule has 0 amide bonds. The van der Waals surface area contributed by atoms with Gasteiger partial charge in [0.05, 0.1) is 13.7 Å². The van der Waals surface area contributed by atoms with E-state index in [4.69, 9.17) is 9.84 Å². The lowest BCUT2D eigenvalue weighted by atomic mass is 9.96. The van der Waals surface area contributed by atoms with Crippen molar-refractivity contribution >= 4 is 0 Å². The number of hydrogen-bond donors (Lipinski definition) is 1. The highest BCUT2D eigenvalue weighted by Crippen LogP contribution is 2.20. The summed E-state index contributed by atoms with van der Waals surface area (Å²) >= 11 is 0. The molecule has 2 aromatic carbocycles. The molecule has 0 radical (unpaired) electrons. The van der Waals surface area contributed by atoms with E-state index in [-0.39, 0.29) is 6.61 Å². The molecule has 0 bridgehead atoms. The van der Waals surface area contributed by atoms with Crippen LogP contribution in [0.1, 0.15) is 42.9 Å². The van der Waals surface area contributed by atoms with Crippen molar-refractivity contribution < 1.29 is 9.84 Å². The Labute approximate surface area is 194 Å². The van der Waals surface area contributed by atoms with Crippen LogP contribution >= 0.6 is 0 Å². The number of piperidine rings is 1. The maximum absolute atomic E-state index is 8.85. The number of benzene rings is 2.